The normalized spacial score (nSPS) is 8.94. The van der Waals surface area contributed by atoms with Gasteiger partial charge in [0.25, 0.3) is 0 Å². The Hall–Kier alpha value is -1.38. The fourth-order valence-electron chi connectivity index (χ4n) is 1.24. The fraction of sp³-hybridized carbons (Fsp3) is 0.462. The summed E-state index contributed by atoms with van der Waals surface area (Å²) in [6, 6.07) is 5.46. The molecule has 0 saturated carbocycles. The van der Waals surface area contributed by atoms with Crippen molar-refractivity contribution in [1.29, 1.82) is 0 Å². The molecule has 2 heterocycles. The molecule has 16 heavy (non-hydrogen) atoms. The summed E-state index contributed by atoms with van der Waals surface area (Å²) in [5.41, 5.74) is 2.25. The Kier molecular flexibility index (Phi) is 6.38. The summed E-state index contributed by atoms with van der Waals surface area (Å²) in [5, 5.41) is 4.02. The number of rotatable bonds is 0. The standard InChI is InChI=1S/C9H9FN2.2C2H6/c1-6-3-4-8-5-7(2)11-12(8)9(6)10;2*1-2/h3-5H,1-2H3;2*1-2H3. The fourth-order valence-corrected chi connectivity index (χ4v) is 1.24. The highest BCUT2D eigenvalue weighted by molar-refractivity contribution is 5.48. The van der Waals surface area contributed by atoms with Crippen LogP contribution in [0.15, 0.2) is 18.2 Å². The van der Waals surface area contributed by atoms with Crippen LogP contribution in [0.4, 0.5) is 4.39 Å². The average Bonchev–Trinajstić information content (AvgIpc) is 2.71. The molecule has 2 nitrogen and oxygen atoms in total. The molecule has 0 N–H and O–H groups in total. The molecule has 0 bridgehead atoms. The maximum absolute atomic E-state index is 13.3. The minimum Gasteiger partial charge on any atom is -0.206 e. The molecule has 0 unspecified atom stereocenters. The van der Waals surface area contributed by atoms with E-state index < -0.39 is 0 Å². The summed E-state index contributed by atoms with van der Waals surface area (Å²) < 4.78 is 14.6. The molecule has 0 aliphatic carbocycles. The van der Waals surface area contributed by atoms with Gasteiger partial charge in [-0.3, -0.25) is 0 Å². The zero-order valence-electron chi connectivity index (χ0n) is 11.0. The zero-order valence-corrected chi connectivity index (χ0v) is 11.0. The van der Waals surface area contributed by atoms with Gasteiger partial charge in [-0.25, -0.2) is 4.52 Å². The first-order chi connectivity index (χ1) is 7.68. The molecular formula is C13H21FN2. The monoisotopic (exact) mass is 224 g/mol. The summed E-state index contributed by atoms with van der Waals surface area (Å²) in [6.45, 7) is 11.6. The maximum atomic E-state index is 13.3. The third-order valence-electron chi connectivity index (χ3n) is 1.87. The van der Waals surface area contributed by atoms with E-state index in [-0.39, 0.29) is 5.95 Å². The Balaban J connectivity index is 0.000000509. The summed E-state index contributed by atoms with van der Waals surface area (Å²) in [5.74, 6) is -0.277. The molecule has 2 rings (SSSR count). The molecule has 0 aliphatic heterocycles. The predicted molar refractivity (Wildman–Crippen MR) is 67.3 cm³/mol. The number of nitrogens with zero attached hydrogens (tertiary/aromatic N) is 2. The molecule has 0 aromatic carbocycles. The number of halogens is 1. The van der Waals surface area contributed by atoms with Crippen molar-refractivity contribution in [3.8, 4) is 0 Å². The van der Waals surface area contributed by atoms with Crippen LogP contribution in [0.2, 0.25) is 0 Å². The van der Waals surface area contributed by atoms with Gasteiger partial charge >= 0.3 is 0 Å². The van der Waals surface area contributed by atoms with Crippen molar-refractivity contribution < 1.29 is 4.39 Å². The van der Waals surface area contributed by atoms with E-state index in [4.69, 9.17) is 0 Å². The molecule has 0 spiro atoms. The van der Waals surface area contributed by atoms with Crippen molar-refractivity contribution in [2.45, 2.75) is 41.5 Å². The molecule has 90 valence electrons. The minimum atomic E-state index is -0.277. The van der Waals surface area contributed by atoms with E-state index in [1.54, 1.807) is 13.0 Å². The number of aryl methyl sites for hydroxylation is 2. The second kappa shape index (κ2) is 6.99. The zero-order chi connectivity index (χ0) is 12.7. The minimum absolute atomic E-state index is 0.277. The van der Waals surface area contributed by atoms with E-state index in [0.29, 0.717) is 5.56 Å². The summed E-state index contributed by atoms with van der Waals surface area (Å²) in [6.07, 6.45) is 0. The maximum Gasteiger partial charge on any atom is 0.217 e. The predicted octanol–water partition coefficient (Wildman–Crippen LogP) is 4.14. The van der Waals surface area contributed by atoms with E-state index in [2.05, 4.69) is 5.10 Å². The van der Waals surface area contributed by atoms with E-state index in [9.17, 15) is 4.39 Å². The van der Waals surface area contributed by atoms with Crippen molar-refractivity contribution in [1.82, 2.24) is 9.61 Å². The van der Waals surface area contributed by atoms with Gasteiger partial charge in [0.2, 0.25) is 5.95 Å². The van der Waals surface area contributed by atoms with Crippen molar-refractivity contribution in [3.63, 3.8) is 0 Å². The Bertz CT molecular complexity index is 433. The average molecular weight is 224 g/mol. The topological polar surface area (TPSA) is 17.3 Å². The highest BCUT2D eigenvalue weighted by Crippen LogP contribution is 2.11. The molecule has 2 aromatic rings. The summed E-state index contributed by atoms with van der Waals surface area (Å²) in [4.78, 5) is 0. The second-order valence-corrected chi connectivity index (χ2v) is 2.93. The summed E-state index contributed by atoms with van der Waals surface area (Å²) in [7, 11) is 0. The molecule has 0 atom stereocenters. The van der Waals surface area contributed by atoms with Gasteiger partial charge in [-0.05, 0) is 26.0 Å². The molecule has 0 amide bonds. The van der Waals surface area contributed by atoms with Gasteiger partial charge in [-0.1, -0.05) is 33.8 Å². The molecule has 0 aliphatic rings. The van der Waals surface area contributed by atoms with E-state index in [1.807, 2.05) is 46.8 Å². The van der Waals surface area contributed by atoms with E-state index in [1.165, 1.54) is 4.52 Å². The van der Waals surface area contributed by atoms with Crippen molar-refractivity contribution in [2.75, 3.05) is 0 Å². The smallest absolute Gasteiger partial charge is 0.206 e. The van der Waals surface area contributed by atoms with Crippen LogP contribution < -0.4 is 0 Å². The van der Waals surface area contributed by atoms with E-state index >= 15 is 0 Å². The molecule has 0 radical (unpaired) electrons. The molecule has 0 fully saturated rings. The van der Waals surface area contributed by atoms with Gasteiger partial charge < -0.3 is 0 Å². The lowest BCUT2D eigenvalue weighted by molar-refractivity contribution is 0.535. The van der Waals surface area contributed by atoms with Gasteiger partial charge in [-0.15, -0.1) is 0 Å². The van der Waals surface area contributed by atoms with Crippen molar-refractivity contribution in [3.05, 3.63) is 35.4 Å². The highest BCUT2D eigenvalue weighted by Gasteiger charge is 2.04. The largest absolute Gasteiger partial charge is 0.217 e. The van der Waals surface area contributed by atoms with Crippen LogP contribution in [0.25, 0.3) is 5.52 Å². The van der Waals surface area contributed by atoms with Crippen LogP contribution >= 0.6 is 0 Å². The van der Waals surface area contributed by atoms with Crippen LogP contribution in [0.1, 0.15) is 39.0 Å². The van der Waals surface area contributed by atoms with Gasteiger partial charge in [0.1, 0.15) is 0 Å². The number of fused-ring (bicyclic) bond motifs is 1. The van der Waals surface area contributed by atoms with Crippen LogP contribution in [-0.4, -0.2) is 9.61 Å². The number of aromatic nitrogens is 2. The summed E-state index contributed by atoms with van der Waals surface area (Å²) >= 11 is 0. The number of pyridine rings is 1. The lowest BCUT2D eigenvalue weighted by Crippen LogP contribution is -1.96. The molecular weight excluding hydrogens is 203 g/mol. The Morgan fingerprint density at radius 1 is 1.06 bits per heavy atom. The van der Waals surface area contributed by atoms with Crippen LogP contribution in [0, 0.1) is 19.8 Å². The van der Waals surface area contributed by atoms with E-state index in [0.717, 1.165) is 11.2 Å². The molecule has 3 heteroatoms. The number of hydrogen-bond acceptors (Lipinski definition) is 1. The molecule has 0 saturated heterocycles. The van der Waals surface area contributed by atoms with Crippen LogP contribution in [0.5, 0.6) is 0 Å². The SMILES string of the molecule is CC.CC.Cc1cc2ccc(C)c(F)n2n1. The van der Waals surface area contributed by atoms with Crippen molar-refractivity contribution in [2.24, 2.45) is 0 Å². The van der Waals surface area contributed by atoms with Gasteiger partial charge in [0.15, 0.2) is 0 Å². The Morgan fingerprint density at radius 2 is 1.62 bits per heavy atom. The highest BCUT2D eigenvalue weighted by atomic mass is 19.1. The van der Waals surface area contributed by atoms with Gasteiger partial charge in [0.05, 0.1) is 11.2 Å². The van der Waals surface area contributed by atoms with Crippen molar-refractivity contribution >= 4 is 5.52 Å². The first-order valence-corrected chi connectivity index (χ1v) is 5.80. The third-order valence-corrected chi connectivity index (χ3v) is 1.87. The third kappa shape index (κ3) is 3.05. The lowest BCUT2D eigenvalue weighted by Gasteiger charge is -1.97. The number of hydrogen-bond donors (Lipinski definition) is 0. The molecule has 2 aromatic heterocycles. The van der Waals surface area contributed by atoms with Gasteiger partial charge in [-0.2, -0.15) is 9.49 Å². The quantitative estimate of drug-likeness (QED) is 0.615. The Morgan fingerprint density at radius 3 is 2.19 bits per heavy atom. The second-order valence-electron chi connectivity index (χ2n) is 2.93. The van der Waals surface area contributed by atoms with Gasteiger partial charge in [0, 0.05) is 5.56 Å². The first kappa shape index (κ1) is 14.6. The van der Waals surface area contributed by atoms with Crippen LogP contribution in [-0.2, 0) is 0 Å². The lowest BCUT2D eigenvalue weighted by atomic mass is 10.3. The van der Waals surface area contributed by atoms with Crippen LogP contribution in [0.3, 0.4) is 0 Å². The Labute approximate surface area is 97.1 Å². The first-order valence-electron chi connectivity index (χ1n) is 5.80.